The van der Waals surface area contributed by atoms with Gasteiger partial charge in [0.1, 0.15) is 6.10 Å². The van der Waals surface area contributed by atoms with Crippen LogP contribution < -0.4 is 0 Å². The largest absolute Gasteiger partial charge is 0.465 e. The fourth-order valence-corrected chi connectivity index (χ4v) is 7.85. The third-order valence-electron chi connectivity index (χ3n) is 11.9. The summed E-state index contributed by atoms with van der Waals surface area (Å²) in [5.41, 5.74) is -1.68. The molecule has 0 saturated heterocycles. The minimum absolute atomic E-state index is 0.00883. The van der Waals surface area contributed by atoms with Gasteiger partial charge in [-0.1, -0.05) is 20.3 Å². The lowest BCUT2D eigenvalue weighted by molar-refractivity contribution is -0.184. The van der Waals surface area contributed by atoms with Gasteiger partial charge in [0.2, 0.25) is 0 Å². The van der Waals surface area contributed by atoms with Crippen LogP contribution in [0.15, 0.2) is 0 Å². The number of ether oxygens (including phenoxy) is 4. The van der Waals surface area contributed by atoms with Gasteiger partial charge in [-0.25, -0.2) is 0 Å². The predicted molar refractivity (Wildman–Crippen MR) is 182 cm³/mol. The lowest BCUT2D eigenvalue weighted by Crippen LogP contribution is -2.50. The van der Waals surface area contributed by atoms with Crippen LogP contribution in [0.25, 0.3) is 0 Å². The number of hydrogen-bond acceptors (Lipinski definition) is 6. The fourth-order valence-electron chi connectivity index (χ4n) is 7.85. The minimum atomic E-state index is -0.771. The Morgan fingerprint density at radius 1 is 0.600 bits per heavy atom. The van der Waals surface area contributed by atoms with Crippen LogP contribution in [0.4, 0.5) is 0 Å². The van der Waals surface area contributed by atoms with Crippen molar-refractivity contribution in [1.29, 1.82) is 0 Å². The second kappa shape index (κ2) is 15.0. The zero-order valence-electron chi connectivity index (χ0n) is 31.3. The highest BCUT2D eigenvalue weighted by molar-refractivity contribution is 5.77. The van der Waals surface area contributed by atoms with Crippen LogP contribution in [0.1, 0.15) is 160 Å². The first-order chi connectivity index (χ1) is 20.6. The number of carbonyl (C=O) groups excluding carboxylic acids is 2. The molecule has 2 unspecified atom stereocenters. The molecular weight excluding hydrogens is 564 g/mol. The SMILES string of the molecule is CC(C)(C)OC1CCC(C(C)(C)C2CCC(OC(=O)C(C)(C)C(C)(C)OCC3CCCC(COC(=O)C(C)(C)C)C3)CC2)CC1. The molecule has 0 aromatic rings. The van der Waals surface area contributed by atoms with Gasteiger partial charge in [0.05, 0.1) is 41.3 Å². The molecule has 3 rings (SSSR count). The predicted octanol–water partition coefficient (Wildman–Crippen LogP) is 9.71. The van der Waals surface area contributed by atoms with Crippen molar-refractivity contribution in [3.05, 3.63) is 0 Å². The second-order valence-corrected chi connectivity index (χ2v) is 18.6. The molecular formula is C39H70O6. The van der Waals surface area contributed by atoms with Crippen LogP contribution >= 0.6 is 0 Å². The zero-order chi connectivity index (χ0) is 33.8. The van der Waals surface area contributed by atoms with E-state index in [9.17, 15) is 9.59 Å². The number of rotatable bonds is 11. The Morgan fingerprint density at radius 2 is 1.09 bits per heavy atom. The average molecular weight is 635 g/mol. The summed E-state index contributed by atoms with van der Waals surface area (Å²) >= 11 is 0. The van der Waals surface area contributed by atoms with Crippen LogP contribution in [0, 0.1) is 39.9 Å². The monoisotopic (exact) mass is 635 g/mol. The number of esters is 2. The maximum atomic E-state index is 13.6. The summed E-state index contributed by atoms with van der Waals surface area (Å²) < 4.78 is 24.7. The van der Waals surface area contributed by atoms with Gasteiger partial charge in [0, 0.05) is 0 Å². The molecule has 0 amide bonds. The summed E-state index contributed by atoms with van der Waals surface area (Å²) in [6.07, 6.45) is 13.7. The van der Waals surface area contributed by atoms with E-state index in [-0.39, 0.29) is 23.6 Å². The highest BCUT2D eigenvalue weighted by Crippen LogP contribution is 2.49. The molecule has 0 radical (unpaired) electrons. The van der Waals surface area contributed by atoms with Gasteiger partial charge in [-0.15, -0.1) is 0 Å². The molecule has 0 aliphatic heterocycles. The topological polar surface area (TPSA) is 71.1 Å². The highest BCUT2D eigenvalue weighted by Gasteiger charge is 2.48. The van der Waals surface area contributed by atoms with Gasteiger partial charge >= 0.3 is 11.9 Å². The molecule has 2 atom stereocenters. The van der Waals surface area contributed by atoms with E-state index >= 15 is 0 Å². The summed E-state index contributed by atoms with van der Waals surface area (Å²) in [6, 6.07) is 0. The van der Waals surface area contributed by atoms with E-state index in [2.05, 4.69) is 34.6 Å². The highest BCUT2D eigenvalue weighted by atomic mass is 16.6. The Morgan fingerprint density at radius 3 is 1.58 bits per heavy atom. The van der Waals surface area contributed by atoms with E-state index in [1.165, 1.54) is 25.7 Å². The first-order valence-corrected chi connectivity index (χ1v) is 18.3. The van der Waals surface area contributed by atoms with Crippen molar-refractivity contribution in [2.45, 2.75) is 184 Å². The van der Waals surface area contributed by atoms with Gasteiger partial charge in [-0.05, 0) is 169 Å². The first kappa shape index (κ1) is 38.3. The summed E-state index contributed by atoms with van der Waals surface area (Å²) in [7, 11) is 0. The van der Waals surface area contributed by atoms with Gasteiger partial charge in [-0.2, -0.15) is 0 Å². The molecule has 6 heteroatoms. The Bertz CT molecular complexity index is 951. The van der Waals surface area contributed by atoms with Gasteiger partial charge in [-0.3, -0.25) is 9.59 Å². The van der Waals surface area contributed by atoms with E-state index in [0.29, 0.717) is 42.5 Å². The molecule has 45 heavy (non-hydrogen) atoms. The smallest absolute Gasteiger partial charge is 0.314 e. The molecule has 3 fully saturated rings. The first-order valence-electron chi connectivity index (χ1n) is 18.3. The number of carbonyl (C=O) groups is 2. The Kier molecular flexibility index (Phi) is 12.7. The molecule has 262 valence electrons. The molecule has 0 heterocycles. The quantitative estimate of drug-likeness (QED) is 0.211. The lowest BCUT2D eigenvalue weighted by Gasteiger charge is -2.47. The van der Waals surface area contributed by atoms with E-state index in [1.54, 1.807) is 0 Å². The summed E-state index contributed by atoms with van der Waals surface area (Å²) in [6.45, 7) is 26.2. The Balaban J connectivity index is 1.44. The average Bonchev–Trinajstić information content (AvgIpc) is 2.94. The Labute approximate surface area is 276 Å². The van der Waals surface area contributed by atoms with Crippen molar-refractivity contribution in [1.82, 2.24) is 0 Å². The van der Waals surface area contributed by atoms with E-state index in [1.807, 2.05) is 48.5 Å². The summed E-state index contributed by atoms with van der Waals surface area (Å²) in [5.74, 6) is 1.89. The zero-order valence-corrected chi connectivity index (χ0v) is 31.3. The maximum absolute atomic E-state index is 13.6. The van der Waals surface area contributed by atoms with Gasteiger partial charge in [0.25, 0.3) is 0 Å². The minimum Gasteiger partial charge on any atom is -0.465 e. The molecule has 3 aliphatic carbocycles. The van der Waals surface area contributed by atoms with Crippen LogP contribution in [0.2, 0.25) is 0 Å². The van der Waals surface area contributed by atoms with E-state index < -0.39 is 16.4 Å². The Hall–Kier alpha value is -1.14. The molecule has 3 aliphatic rings. The van der Waals surface area contributed by atoms with Crippen molar-refractivity contribution in [3.63, 3.8) is 0 Å². The maximum Gasteiger partial charge on any atom is 0.314 e. The molecule has 3 saturated carbocycles. The molecule has 0 bridgehead atoms. The fraction of sp³-hybridized carbons (Fsp3) is 0.949. The van der Waals surface area contributed by atoms with E-state index in [4.69, 9.17) is 18.9 Å². The third kappa shape index (κ3) is 10.7. The molecule has 0 aromatic carbocycles. The molecule has 6 nitrogen and oxygen atoms in total. The van der Waals surface area contributed by atoms with Crippen molar-refractivity contribution >= 4 is 11.9 Å². The number of hydrogen-bond donors (Lipinski definition) is 0. The van der Waals surface area contributed by atoms with Crippen LogP contribution in [-0.2, 0) is 28.5 Å². The van der Waals surface area contributed by atoms with E-state index in [0.717, 1.165) is 57.3 Å². The summed E-state index contributed by atoms with van der Waals surface area (Å²) in [4.78, 5) is 25.8. The van der Waals surface area contributed by atoms with Crippen LogP contribution in [0.3, 0.4) is 0 Å². The van der Waals surface area contributed by atoms with Crippen molar-refractivity contribution in [2.75, 3.05) is 13.2 Å². The van der Waals surface area contributed by atoms with Gasteiger partial charge in [0.15, 0.2) is 0 Å². The van der Waals surface area contributed by atoms with Crippen LogP contribution in [0.5, 0.6) is 0 Å². The lowest BCUT2D eigenvalue weighted by atomic mass is 9.60. The normalized spacial score (nSPS) is 29.2. The molecule has 0 aromatic heterocycles. The molecule has 0 spiro atoms. The van der Waals surface area contributed by atoms with Crippen molar-refractivity contribution in [2.24, 2.45) is 39.9 Å². The standard InChI is InChI=1S/C39H70O6/c1-35(2,3)33(40)42-25-27-14-13-15-28(24-27)26-43-39(11,12)38(9,10)34(41)44-31-20-16-29(17-21-31)37(7,8)30-18-22-32(23-19-30)45-36(4,5)6/h27-32H,13-26H2,1-12H3. The van der Waals surface area contributed by atoms with Gasteiger partial charge < -0.3 is 18.9 Å². The van der Waals surface area contributed by atoms with Crippen molar-refractivity contribution < 1.29 is 28.5 Å². The van der Waals surface area contributed by atoms with Crippen molar-refractivity contribution in [3.8, 4) is 0 Å². The molecule has 0 N–H and O–H groups in total. The third-order valence-corrected chi connectivity index (χ3v) is 11.9. The summed E-state index contributed by atoms with van der Waals surface area (Å²) in [5, 5.41) is 0. The van der Waals surface area contributed by atoms with Crippen LogP contribution in [-0.4, -0.2) is 48.6 Å². The second-order valence-electron chi connectivity index (χ2n) is 18.6.